The predicted octanol–water partition coefficient (Wildman–Crippen LogP) is 2.53. The molecule has 28 heavy (non-hydrogen) atoms. The van der Waals surface area contributed by atoms with E-state index in [2.05, 4.69) is 20.3 Å². The Balaban J connectivity index is 1.72. The number of nitrogens with zero attached hydrogens (tertiary/aromatic N) is 7. The molecule has 0 saturated carbocycles. The van der Waals surface area contributed by atoms with Crippen LogP contribution in [-0.4, -0.2) is 51.8 Å². The summed E-state index contributed by atoms with van der Waals surface area (Å²) in [5.74, 6) is 1.12. The maximum atomic E-state index is 12.9. The van der Waals surface area contributed by atoms with Gasteiger partial charge in [-0.3, -0.25) is 9.78 Å². The van der Waals surface area contributed by atoms with E-state index in [0.717, 1.165) is 11.5 Å². The van der Waals surface area contributed by atoms with Crippen molar-refractivity contribution in [2.45, 2.75) is 0 Å². The smallest absolute Gasteiger partial charge is 0.258 e. The van der Waals surface area contributed by atoms with Gasteiger partial charge in [0.2, 0.25) is 5.82 Å². The quantitative estimate of drug-likeness (QED) is 0.547. The molecule has 0 aliphatic carbocycles. The molecule has 1 aromatic carbocycles. The van der Waals surface area contributed by atoms with Crippen molar-refractivity contribution in [2.75, 3.05) is 30.9 Å². The van der Waals surface area contributed by atoms with Gasteiger partial charge in [-0.15, -0.1) is 15.3 Å². The highest BCUT2D eigenvalue weighted by Crippen LogP contribution is 2.20. The van der Waals surface area contributed by atoms with Crippen LogP contribution in [0.2, 0.25) is 0 Å². The van der Waals surface area contributed by atoms with Gasteiger partial charge in [0, 0.05) is 38.6 Å². The Bertz CT molecular complexity index is 1140. The van der Waals surface area contributed by atoms with Gasteiger partial charge in [0.05, 0.1) is 0 Å². The highest BCUT2D eigenvalue weighted by molar-refractivity contribution is 6.06. The third kappa shape index (κ3) is 3.16. The van der Waals surface area contributed by atoms with Gasteiger partial charge < -0.3 is 9.80 Å². The Labute approximate surface area is 162 Å². The largest absolute Gasteiger partial charge is 0.361 e. The van der Waals surface area contributed by atoms with E-state index in [1.54, 1.807) is 34.8 Å². The average molecular weight is 373 g/mol. The fourth-order valence-electron chi connectivity index (χ4n) is 2.83. The zero-order valence-corrected chi connectivity index (χ0v) is 15.8. The Morgan fingerprint density at radius 3 is 2.50 bits per heavy atom. The van der Waals surface area contributed by atoms with Crippen molar-refractivity contribution in [3.8, 4) is 11.5 Å². The molecule has 0 N–H and O–H groups in total. The number of carbonyl (C=O) groups excluding carboxylic acids is 1. The molecular formula is C20H19N7O. The summed E-state index contributed by atoms with van der Waals surface area (Å²) in [7, 11) is 5.57. The lowest BCUT2D eigenvalue weighted by Gasteiger charge is -2.17. The van der Waals surface area contributed by atoms with E-state index in [0.29, 0.717) is 22.7 Å². The molecule has 140 valence electrons. The first kappa shape index (κ1) is 17.6. The molecule has 0 aliphatic rings. The van der Waals surface area contributed by atoms with Crippen molar-refractivity contribution in [3.63, 3.8) is 0 Å². The van der Waals surface area contributed by atoms with Crippen LogP contribution in [0.1, 0.15) is 10.4 Å². The van der Waals surface area contributed by atoms with E-state index < -0.39 is 0 Å². The lowest BCUT2D eigenvalue weighted by atomic mass is 10.2. The number of fused-ring (bicyclic) bond motifs is 1. The van der Waals surface area contributed by atoms with Gasteiger partial charge in [-0.25, -0.2) is 0 Å². The fourth-order valence-corrected chi connectivity index (χ4v) is 2.83. The minimum atomic E-state index is -0.134. The lowest BCUT2D eigenvalue weighted by Crippen LogP contribution is -2.26. The van der Waals surface area contributed by atoms with Crippen LogP contribution in [0.4, 0.5) is 11.5 Å². The molecule has 0 radical (unpaired) electrons. The maximum absolute atomic E-state index is 12.9. The zero-order chi connectivity index (χ0) is 19.7. The molecule has 4 aromatic rings. The Morgan fingerprint density at radius 2 is 1.75 bits per heavy atom. The van der Waals surface area contributed by atoms with Crippen LogP contribution in [0.25, 0.3) is 17.2 Å². The Morgan fingerprint density at radius 1 is 0.964 bits per heavy atom. The van der Waals surface area contributed by atoms with E-state index in [9.17, 15) is 4.79 Å². The molecule has 8 heteroatoms. The molecule has 8 nitrogen and oxygen atoms in total. The van der Waals surface area contributed by atoms with Crippen LogP contribution in [0.3, 0.4) is 0 Å². The topological polar surface area (TPSA) is 79.5 Å². The Kier molecular flexibility index (Phi) is 4.44. The summed E-state index contributed by atoms with van der Waals surface area (Å²) in [5.41, 5.74) is 2.47. The van der Waals surface area contributed by atoms with Gasteiger partial charge in [0.25, 0.3) is 5.91 Å². The number of rotatable bonds is 4. The van der Waals surface area contributed by atoms with E-state index in [-0.39, 0.29) is 5.91 Å². The number of benzene rings is 1. The summed E-state index contributed by atoms with van der Waals surface area (Å²) in [6, 6.07) is 16.6. The van der Waals surface area contributed by atoms with Crippen molar-refractivity contribution in [2.24, 2.45) is 0 Å². The highest BCUT2D eigenvalue weighted by atomic mass is 16.2. The van der Waals surface area contributed by atoms with Crippen molar-refractivity contribution < 1.29 is 4.79 Å². The summed E-state index contributed by atoms with van der Waals surface area (Å²) in [6.45, 7) is 0. The van der Waals surface area contributed by atoms with Crippen molar-refractivity contribution in [3.05, 3.63) is 66.4 Å². The Hall–Kier alpha value is -3.81. The van der Waals surface area contributed by atoms with E-state index in [1.807, 2.05) is 61.5 Å². The minimum Gasteiger partial charge on any atom is -0.361 e. The standard InChI is InChI=1S/C20H19N7O/c1-25(2)18-10-9-17-22-23-19(27(17)24-18)16-13-14(11-12-21-16)20(28)26(3)15-7-5-4-6-8-15/h4-13H,1-3H3. The molecule has 0 unspecified atom stereocenters. The van der Waals surface area contributed by atoms with Crippen molar-refractivity contribution >= 4 is 23.1 Å². The van der Waals surface area contributed by atoms with Crippen molar-refractivity contribution in [1.82, 2.24) is 24.8 Å². The normalized spacial score (nSPS) is 10.8. The van der Waals surface area contributed by atoms with Gasteiger partial charge in [-0.1, -0.05) is 18.2 Å². The number of carbonyl (C=O) groups is 1. The number of para-hydroxylation sites is 1. The first-order chi connectivity index (χ1) is 13.5. The molecule has 0 atom stereocenters. The van der Waals surface area contributed by atoms with Crippen LogP contribution >= 0.6 is 0 Å². The second-order valence-corrected chi connectivity index (χ2v) is 6.51. The summed E-state index contributed by atoms with van der Waals surface area (Å²) in [5, 5.41) is 12.9. The van der Waals surface area contributed by atoms with Crippen LogP contribution in [-0.2, 0) is 0 Å². The predicted molar refractivity (Wildman–Crippen MR) is 108 cm³/mol. The van der Waals surface area contributed by atoms with E-state index in [4.69, 9.17) is 0 Å². The van der Waals surface area contributed by atoms with E-state index >= 15 is 0 Å². The van der Waals surface area contributed by atoms with Crippen LogP contribution in [0.5, 0.6) is 0 Å². The lowest BCUT2D eigenvalue weighted by molar-refractivity contribution is 0.0993. The van der Waals surface area contributed by atoms with E-state index in [1.165, 1.54) is 0 Å². The number of anilines is 2. The molecule has 3 aromatic heterocycles. The summed E-state index contributed by atoms with van der Waals surface area (Å²) >= 11 is 0. The van der Waals surface area contributed by atoms with Crippen LogP contribution in [0, 0.1) is 0 Å². The summed E-state index contributed by atoms with van der Waals surface area (Å²) in [4.78, 5) is 20.8. The molecule has 3 heterocycles. The second-order valence-electron chi connectivity index (χ2n) is 6.51. The van der Waals surface area contributed by atoms with Crippen molar-refractivity contribution in [1.29, 1.82) is 0 Å². The van der Waals surface area contributed by atoms with Crippen LogP contribution in [0.15, 0.2) is 60.8 Å². The highest BCUT2D eigenvalue weighted by Gasteiger charge is 2.17. The number of pyridine rings is 1. The number of hydrogen-bond acceptors (Lipinski definition) is 6. The summed E-state index contributed by atoms with van der Waals surface area (Å²) in [6.07, 6.45) is 1.60. The van der Waals surface area contributed by atoms with Gasteiger partial charge >= 0.3 is 0 Å². The molecule has 0 fully saturated rings. The maximum Gasteiger partial charge on any atom is 0.258 e. The number of aromatic nitrogens is 5. The molecular weight excluding hydrogens is 354 g/mol. The third-order valence-corrected chi connectivity index (χ3v) is 4.39. The molecule has 0 bridgehead atoms. The summed E-state index contributed by atoms with van der Waals surface area (Å²) < 4.78 is 1.63. The first-order valence-corrected chi connectivity index (χ1v) is 8.74. The van der Waals surface area contributed by atoms with Gasteiger partial charge in [0.15, 0.2) is 5.65 Å². The SMILES string of the molecule is CN(C)c1ccc2nnc(-c3cc(C(=O)N(C)c4ccccc4)ccn3)n2n1. The van der Waals surface area contributed by atoms with Gasteiger partial charge in [-0.2, -0.15) is 4.52 Å². The molecule has 4 rings (SSSR count). The molecule has 0 spiro atoms. The molecule has 0 aliphatic heterocycles. The van der Waals surface area contributed by atoms with Gasteiger partial charge in [-0.05, 0) is 36.4 Å². The molecule has 1 amide bonds. The monoisotopic (exact) mass is 373 g/mol. The number of hydrogen-bond donors (Lipinski definition) is 0. The minimum absolute atomic E-state index is 0.134. The number of amides is 1. The third-order valence-electron chi connectivity index (χ3n) is 4.39. The average Bonchev–Trinajstić information content (AvgIpc) is 3.16. The zero-order valence-electron chi connectivity index (χ0n) is 15.8. The molecule has 0 saturated heterocycles. The fraction of sp³-hybridized carbons (Fsp3) is 0.150. The van der Waals surface area contributed by atoms with Crippen LogP contribution < -0.4 is 9.80 Å². The second kappa shape index (κ2) is 7.07. The first-order valence-electron chi connectivity index (χ1n) is 8.74. The van der Waals surface area contributed by atoms with Gasteiger partial charge in [0.1, 0.15) is 11.5 Å².